The summed E-state index contributed by atoms with van der Waals surface area (Å²) in [6.07, 6.45) is 1.94. The van der Waals surface area contributed by atoms with Gasteiger partial charge in [0.25, 0.3) is 10.0 Å². The molecule has 1 N–H and O–H groups in total. The molecule has 0 bridgehead atoms. The van der Waals surface area contributed by atoms with Crippen LogP contribution >= 0.6 is 11.8 Å². The predicted molar refractivity (Wildman–Crippen MR) is 82.0 cm³/mol. The van der Waals surface area contributed by atoms with Crippen molar-refractivity contribution in [2.45, 2.75) is 9.79 Å². The number of nitrogens with one attached hydrogen (secondary N) is 1. The Kier molecular flexibility index (Phi) is 4.57. The van der Waals surface area contributed by atoms with Crippen LogP contribution in [-0.4, -0.2) is 21.8 Å². The summed E-state index contributed by atoms with van der Waals surface area (Å²) in [6, 6.07) is 13.8. The number of para-hydroxylation sites is 1. The molecule has 6 heteroatoms. The second-order valence-electron chi connectivity index (χ2n) is 3.99. The zero-order valence-electron chi connectivity index (χ0n) is 11.2. The van der Waals surface area contributed by atoms with E-state index in [1.54, 1.807) is 42.1 Å². The van der Waals surface area contributed by atoms with E-state index in [2.05, 4.69) is 4.72 Å². The number of hydrogen-bond donors (Lipinski definition) is 1. The maximum Gasteiger partial charge on any atom is 0.265 e. The molecular formula is C14H15NO3S2. The molecule has 0 spiro atoms. The summed E-state index contributed by atoms with van der Waals surface area (Å²) in [5.41, 5.74) is 0.530. The minimum atomic E-state index is -3.67. The fraction of sp³-hybridized carbons (Fsp3) is 0.143. The molecule has 2 rings (SSSR count). The van der Waals surface area contributed by atoms with E-state index in [0.29, 0.717) is 11.4 Å². The van der Waals surface area contributed by atoms with Crippen molar-refractivity contribution in [3.8, 4) is 5.75 Å². The van der Waals surface area contributed by atoms with Crippen LogP contribution < -0.4 is 9.46 Å². The third-order valence-electron chi connectivity index (χ3n) is 2.68. The second-order valence-corrected chi connectivity index (χ2v) is 6.52. The molecule has 0 heterocycles. The van der Waals surface area contributed by atoms with E-state index >= 15 is 0 Å². The highest BCUT2D eigenvalue weighted by Gasteiger charge is 2.18. The smallest absolute Gasteiger partial charge is 0.265 e. The first kappa shape index (κ1) is 14.7. The number of benzene rings is 2. The molecule has 20 heavy (non-hydrogen) atoms. The lowest BCUT2D eigenvalue weighted by Crippen LogP contribution is -2.14. The predicted octanol–water partition coefficient (Wildman–Crippen LogP) is 3.22. The lowest BCUT2D eigenvalue weighted by molar-refractivity contribution is 0.403. The Morgan fingerprint density at radius 3 is 2.55 bits per heavy atom. The average molecular weight is 309 g/mol. The molecule has 0 aliphatic heterocycles. The summed E-state index contributed by atoms with van der Waals surface area (Å²) in [7, 11) is -2.22. The van der Waals surface area contributed by atoms with E-state index in [9.17, 15) is 8.42 Å². The Morgan fingerprint density at radius 2 is 1.85 bits per heavy atom. The average Bonchev–Trinajstić information content (AvgIpc) is 2.47. The standard InChI is InChI=1S/C14H15NO3S2/c1-18-13-8-3-4-9-14(13)20(16,17)15-11-6-5-7-12(10-11)19-2/h3-10,15H,1-2H3. The highest BCUT2D eigenvalue weighted by atomic mass is 32.2. The van der Waals surface area contributed by atoms with Crippen molar-refractivity contribution in [1.29, 1.82) is 0 Å². The van der Waals surface area contributed by atoms with Crippen molar-refractivity contribution < 1.29 is 13.2 Å². The summed E-state index contributed by atoms with van der Waals surface area (Å²) >= 11 is 1.55. The highest BCUT2D eigenvalue weighted by Crippen LogP contribution is 2.26. The van der Waals surface area contributed by atoms with Crippen LogP contribution in [0, 0.1) is 0 Å². The minimum Gasteiger partial charge on any atom is -0.495 e. The van der Waals surface area contributed by atoms with Crippen molar-refractivity contribution in [1.82, 2.24) is 0 Å². The molecule has 2 aromatic rings. The number of anilines is 1. The third kappa shape index (κ3) is 3.26. The molecule has 0 amide bonds. The molecule has 0 saturated carbocycles. The van der Waals surface area contributed by atoms with E-state index in [0.717, 1.165) is 4.90 Å². The SMILES string of the molecule is COc1ccccc1S(=O)(=O)Nc1cccc(SC)c1. The maximum atomic E-state index is 12.4. The first-order valence-corrected chi connectivity index (χ1v) is 8.57. The number of rotatable bonds is 5. The van der Waals surface area contributed by atoms with Gasteiger partial charge in [0, 0.05) is 10.6 Å². The Labute approximate surface area is 123 Å². The van der Waals surface area contributed by atoms with Gasteiger partial charge in [-0.2, -0.15) is 0 Å². The van der Waals surface area contributed by atoms with Crippen LogP contribution in [-0.2, 0) is 10.0 Å². The van der Waals surface area contributed by atoms with Gasteiger partial charge in [0.15, 0.2) is 0 Å². The van der Waals surface area contributed by atoms with Crippen molar-refractivity contribution in [3.63, 3.8) is 0 Å². The second kappa shape index (κ2) is 6.19. The van der Waals surface area contributed by atoms with Crippen LogP contribution in [0.2, 0.25) is 0 Å². The minimum absolute atomic E-state index is 0.122. The maximum absolute atomic E-state index is 12.4. The number of sulfonamides is 1. The zero-order valence-corrected chi connectivity index (χ0v) is 12.8. The monoisotopic (exact) mass is 309 g/mol. The summed E-state index contributed by atoms with van der Waals surface area (Å²) in [6.45, 7) is 0. The molecule has 0 fully saturated rings. The van der Waals surface area contributed by atoms with Crippen molar-refractivity contribution in [2.75, 3.05) is 18.1 Å². The summed E-state index contributed by atoms with van der Waals surface area (Å²) in [4.78, 5) is 1.11. The van der Waals surface area contributed by atoms with Crippen LogP contribution in [0.3, 0.4) is 0 Å². The van der Waals surface area contributed by atoms with E-state index in [4.69, 9.17) is 4.74 Å². The van der Waals surface area contributed by atoms with Crippen LogP contribution in [0.1, 0.15) is 0 Å². The van der Waals surface area contributed by atoms with Gasteiger partial charge >= 0.3 is 0 Å². The normalized spacial score (nSPS) is 11.1. The quantitative estimate of drug-likeness (QED) is 0.862. The molecule has 0 aliphatic rings. The van der Waals surface area contributed by atoms with Crippen molar-refractivity contribution in [2.24, 2.45) is 0 Å². The molecular weight excluding hydrogens is 294 g/mol. The van der Waals surface area contributed by atoms with Gasteiger partial charge in [0.1, 0.15) is 10.6 Å². The number of thioether (sulfide) groups is 1. The first-order valence-electron chi connectivity index (χ1n) is 5.87. The molecule has 106 valence electrons. The molecule has 0 aliphatic carbocycles. The van der Waals surface area contributed by atoms with Gasteiger partial charge in [0.2, 0.25) is 0 Å². The summed E-state index contributed by atoms with van der Waals surface area (Å²) < 4.78 is 32.4. The fourth-order valence-corrected chi connectivity index (χ4v) is 3.42. The first-order chi connectivity index (χ1) is 9.56. The fourth-order valence-electron chi connectivity index (χ4n) is 1.74. The number of hydrogen-bond acceptors (Lipinski definition) is 4. The van der Waals surface area contributed by atoms with E-state index < -0.39 is 10.0 Å². The van der Waals surface area contributed by atoms with Gasteiger partial charge in [-0.15, -0.1) is 11.8 Å². The lowest BCUT2D eigenvalue weighted by Gasteiger charge is -2.11. The van der Waals surface area contributed by atoms with E-state index in [-0.39, 0.29) is 4.90 Å². The van der Waals surface area contributed by atoms with E-state index in [1.807, 2.05) is 18.4 Å². The lowest BCUT2D eigenvalue weighted by atomic mass is 10.3. The molecule has 4 nitrogen and oxygen atoms in total. The van der Waals surface area contributed by atoms with Gasteiger partial charge in [-0.1, -0.05) is 18.2 Å². The van der Waals surface area contributed by atoms with Gasteiger partial charge < -0.3 is 4.74 Å². The van der Waals surface area contributed by atoms with Gasteiger partial charge in [-0.3, -0.25) is 4.72 Å². The highest BCUT2D eigenvalue weighted by molar-refractivity contribution is 7.98. The van der Waals surface area contributed by atoms with Crippen molar-refractivity contribution in [3.05, 3.63) is 48.5 Å². The van der Waals surface area contributed by atoms with Crippen LogP contribution in [0.15, 0.2) is 58.3 Å². The van der Waals surface area contributed by atoms with E-state index in [1.165, 1.54) is 13.2 Å². The number of ether oxygens (including phenoxy) is 1. The molecule has 0 aromatic heterocycles. The van der Waals surface area contributed by atoms with Crippen LogP contribution in [0.25, 0.3) is 0 Å². The summed E-state index contributed by atoms with van der Waals surface area (Å²) in [5, 5.41) is 0. The Hall–Kier alpha value is -1.66. The molecule has 0 saturated heterocycles. The largest absolute Gasteiger partial charge is 0.495 e. The Balaban J connectivity index is 2.35. The molecule has 0 radical (unpaired) electrons. The molecule has 0 atom stereocenters. The van der Waals surface area contributed by atoms with Gasteiger partial charge in [0.05, 0.1) is 7.11 Å². The van der Waals surface area contributed by atoms with Gasteiger partial charge in [-0.25, -0.2) is 8.42 Å². The number of methoxy groups -OCH3 is 1. The van der Waals surface area contributed by atoms with Gasteiger partial charge in [-0.05, 0) is 36.6 Å². The third-order valence-corrected chi connectivity index (χ3v) is 4.83. The Morgan fingerprint density at radius 1 is 1.10 bits per heavy atom. The molecule has 2 aromatic carbocycles. The van der Waals surface area contributed by atoms with Crippen LogP contribution in [0.4, 0.5) is 5.69 Å². The Bertz CT molecular complexity index is 699. The summed E-state index contributed by atoms with van der Waals surface area (Å²) in [5.74, 6) is 0.320. The topological polar surface area (TPSA) is 55.4 Å². The molecule has 0 unspecified atom stereocenters. The van der Waals surface area contributed by atoms with Crippen molar-refractivity contribution >= 4 is 27.5 Å². The van der Waals surface area contributed by atoms with Crippen LogP contribution in [0.5, 0.6) is 5.75 Å². The zero-order chi connectivity index (χ0) is 14.6.